The highest BCUT2D eigenvalue weighted by molar-refractivity contribution is 9.11. The van der Waals surface area contributed by atoms with Crippen molar-refractivity contribution in [2.75, 3.05) is 6.54 Å². The minimum absolute atomic E-state index is 0.212. The molecule has 1 aliphatic heterocycles. The molecule has 2 N–H and O–H groups in total. The summed E-state index contributed by atoms with van der Waals surface area (Å²) < 4.78 is 7.21. The van der Waals surface area contributed by atoms with Gasteiger partial charge in [-0.1, -0.05) is 18.2 Å². The lowest BCUT2D eigenvalue weighted by Crippen LogP contribution is -2.32. The van der Waals surface area contributed by atoms with Crippen LogP contribution >= 0.6 is 27.3 Å². The number of rotatable bonds is 3. The molecule has 26 heavy (non-hydrogen) atoms. The summed E-state index contributed by atoms with van der Waals surface area (Å²) in [5.74, 6) is 1.02. The number of nitrogens with one attached hydrogen (secondary N) is 1. The molecule has 3 heterocycles. The van der Waals surface area contributed by atoms with E-state index >= 15 is 0 Å². The molecule has 134 valence electrons. The lowest BCUT2D eigenvalue weighted by Gasteiger charge is -2.19. The van der Waals surface area contributed by atoms with Crippen LogP contribution in [0.15, 0.2) is 45.0 Å². The van der Waals surface area contributed by atoms with E-state index in [2.05, 4.69) is 25.9 Å². The van der Waals surface area contributed by atoms with Gasteiger partial charge in [-0.15, -0.1) is 11.3 Å². The van der Waals surface area contributed by atoms with Crippen molar-refractivity contribution in [2.24, 2.45) is 0 Å². The van der Waals surface area contributed by atoms with Gasteiger partial charge in [-0.3, -0.25) is 9.69 Å². The van der Waals surface area contributed by atoms with Crippen LogP contribution in [0.25, 0.3) is 10.2 Å². The molecule has 0 aliphatic carbocycles. The second kappa shape index (κ2) is 6.73. The van der Waals surface area contributed by atoms with Crippen molar-refractivity contribution in [3.05, 3.63) is 56.4 Å². The van der Waals surface area contributed by atoms with Crippen LogP contribution in [-0.4, -0.2) is 38.7 Å². The summed E-state index contributed by atoms with van der Waals surface area (Å²) in [7, 11) is 0. The van der Waals surface area contributed by atoms with Crippen LogP contribution in [-0.2, 0) is 0 Å². The Balaban J connectivity index is 1.65. The number of aromatic nitrogens is 2. The van der Waals surface area contributed by atoms with E-state index in [-0.39, 0.29) is 18.2 Å². The smallest absolute Gasteiger partial charge is 0.408 e. The highest BCUT2D eigenvalue weighted by Gasteiger charge is 2.39. The van der Waals surface area contributed by atoms with Crippen molar-refractivity contribution in [3.63, 3.8) is 0 Å². The van der Waals surface area contributed by atoms with Crippen molar-refractivity contribution < 1.29 is 14.6 Å². The Bertz CT molecular complexity index is 1020. The maximum Gasteiger partial charge on any atom is 0.408 e. The summed E-state index contributed by atoms with van der Waals surface area (Å²) in [6, 6.07) is 10.5. The number of hydrogen-bond acceptors (Lipinski definition) is 5. The van der Waals surface area contributed by atoms with Crippen LogP contribution in [0, 0.1) is 0 Å². The summed E-state index contributed by atoms with van der Waals surface area (Å²) in [4.78, 5) is 32.5. The Morgan fingerprint density at radius 3 is 2.88 bits per heavy atom. The first-order valence-corrected chi connectivity index (χ1v) is 9.53. The molecule has 9 heteroatoms. The number of likely N-dealkylation sites (tertiary alicyclic amines) is 1. The number of ether oxygens (including phenoxy) is 1. The fraction of sp³-hybridized carbons (Fsp3) is 0.235. The molecule has 0 unspecified atom stereocenters. The highest BCUT2D eigenvalue weighted by atomic mass is 79.9. The zero-order valence-electron chi connectivity index (χ0n) is 13.4. The molecule has 4 rings (SSSR count). The molecule has 2 aromatic heterocycles. The Morgan fingerprint density at radius 2 is 2.15 bits per heavy atom. The lowest BCUT2D eigenvalue weighted by atomic mass is 10.2. The average molecular weight is 436 g/mol. The Morgan fingerprint density at radius 1 is 1.38 bits per heavy atom. The largest absolute Gasteiger partial charge is 0.488 e. The third kappa shape index (κ3) is 3.19. The molecule has 1 saturated heterocycles. The van der Waals surface area contributed by atoms with E-state index in [1.54, 1.807) is 6.07 Å². The van der Waals surface area contributed by atoms with Gasteiger partial charge in [0, 0.05) is 6.42 Å². The second-order valence-electron chi connectivity index (χ2n) is 5.96. The van der Waals surface area contributed by atoms with Crippen molar-refractivity contribution in [2.45, 2.75) is 18.6 Å². The molecule has 0 radical (unpaired) electrons. The average Bonchev–Trinajstić information content (AvgIpc) is 3.19. The number of carbonyl (C=O) groups is 1. The number of para-hydroxylation sites is 1. The van der Waals surface area contributed by atoms with Gasteiger partial charge in [0.2, 0.25) is 0 Å². The van der Waals surface area contributed by atoms with Gasteiger partial charge in [-0.25, -0.2) is 9.78 Å². The SMILES string of the molecule is O=C(O)N1C[C@H](Oc2ccccc2)C[C@H]1c1nc2cc(Br)sc2c(=O)[nH]1. The summed E-state index contributed by atoms with van der Waals surface area (Å²) in [5, 5.41) is 9.56. The van der Waals surface area contributed by atoms with Crippen molar-refractivity contribution in [1.29, 1.82) is 0 Å². The highest BCUT2D eigenvalue weighted by Crippen LogP contribution is 2.33. The number of fused-ring (bicyclic) bond motifs is 1. The standard InChI is InChI=1S/C17H14BrN3O4S/c18-13-7-11-14(26-13)16(22)20-15(19-11)12-6-10(8-21(12)17(23)24)25-9-4-2-1-3-5-9/h1-5,7,10,12H,6,8H2,(H,23,24)(H,19,20,22)/t10-,12+/m1/s1. The molecule has 0 saturated carbocycles. The number of halogens is 1. The van der Waals surface area contributed by atoms with Gasteiger partial charge in [-0.05, 0) is 34.1 Å². The summed E-state index contributed by atoms with van der Waals surface area (Å²) >= 11 is 4.65. The fourth-order valence-corrected chi connectivity index (χ4v) is 4.55. The molecule has 1 amide bonds. The number of thiophene rings is 1. The van der Waals surface area contributed by atoms with Gasteiger partial charge in [-0.2, -0.15) is 0 Å². The van der Waals surface area contributed by atoms with Gasteiger partial charge in [0.15, 0.2) is 0 Å². The number of nitrogens with zero attached hydrogens (tertiary/aromatic N) is 2. The normalized spacial score (nSPS) is 19.8. The third-order valence-electron chi connectivity index (χ3n) is 4.24. The number of aromatic amines is 1. The summed E-state index contributed by atoms with van der Waals surface area (Å²) in [6.07, 6.45) is -0.960. The van der Waals surface area contributed by atoms with Crippen LogP contribution in [0.1, 0.15) is 18.3 Å². The second-order valence-corrected chi connectivity index (χ2v) is 8.39. The zero-order chi connectivity index (χ0) is 18.3. The molecule has 1 fully saturated rings. The molecular weight excluding hydrogens is 422 g/mol. The third-order valence-corrected chi connectivity index (χ3v) is 5.87. The number of amides is 1. The predicted molar refractivity (Wildman–Crippen MR) is 101 cm³/mol. The van der Waals surface area contributed by atoms with E-state index in [1.165, 1.54) is 16.2 Å². The van der Waals surface area contributed by atoms with Crippen molar-refractivity contribution in [3.8, 4) is 5.75 Å². The molecule has 1 aliphatic rings. The first kappa shape index (κ1) is 17.0. The lowest BCUT2D eigenvalue weighted by molar-refractivity contribution is 0.133. The Kier molecular flexibility index (Phi) is 4.41. The van der Waals surface area contributed by atoms with E-state index in [0.717, 1.165) is 3.79 Å². The topological polar surface area (TPSA) is 95.5 Å². The van der Waals surface area contributed by atoms with Gasteiger partial charge in [0.05, 0.1) is 21.9 Å². The van der Waals surface area contributed by atoms with Gasteiger partial charge < -0.3 is 14.8 Å². The quantitative estimate of drug-likeness (QED) is 0.654. The van der Waals surface area contributed by atoms with E-state index in [4.69, 9.17) is 4.74 Å². The van der Waals surface area contributed by atoms with E-state index in [9.17, 15) is 14.7 Å². The maximum absolute atomic E-state index is 12.3. The first-order valence-electron chi connectivity index (χ1n) is 7.92. The molecular formula is C17H14BrN3O4S. The number of hydrogen-bond donors (Lipinski definition) is 2. The first-order chi connectivity index (χ1) is 12.5. The van der Waals surface area contributed by atoms with Crippen LogP contribution in [0.4, 0.5) is 4.79 Å². The molecule has 0 bridgehead atoms. The van der Waals surface area contributed by atoms with Crippen LogP contribution in [0.2, 0.25) is 0 Å². The van der Waals surface area contributed by atoms with Gasteiger partial charge in [0.1, 0.15) is 22.4 Å². The molecule has 7 nitrogen and oxygen atoms in total. The van der Waals surface area contributed by atoms with Gasteiger partial charge >= 0.3 is 6.09 Å². The minimum Gasteiger partial charge on any atom is -0.488 e. The van der Waals surface area contributed by atoms with Crippen LogP contribution in [0.3, 0.4) is 0 Å². The summed E-state index contributed by atoms with van der Waals surface area (Å²) in [5.41, 5.74) is 0.289. The van der Waals surface area contributed by atoms with E-state index < -0.39 is 12.1 Å². The minimum atomic E-state index is -1.07. The Labute approximate surface area is 160 Å². The van der Waals surface area contributed by atoms with Crippen LogP contribution in [0.5, 0.6) is 5.75 Å². The monoisotopic (exact) mass is 435 g/mol. The van der Waals surface area contributed by atoms with Crippen molar-refractivity contribution >= 4 is 43.6 Å². The fourth-order valence-electron chi connectivity index (χ4n) is 3.13. The molecule has 0 spiro atoms. The van der Waals surface area contributed by atoms with Crippen molar-refractivity contribution in [1.82, 2.24) is 14.9 Å². The Hall–Kier alpha value is -2.39. The van der Waals surface area contributed by atoms with Crippen LogP contribution < -0.4 is 10.3 Å². The maximum atomic E-state index is 12.3. The van der Waals surface area contributed by atoms with E-state index in [1.807, 2.05) is 30.3 Å². The van der Waals surface area contributed by atoms with Gasteiger partial charge in [0.25, 0.3) is 5.56 Å². The molecule has 3 aromatic rings. The zero-order valence-corrected chi connectivity index (χ0v) is 15.8. The number of H-pyrrole nitrogens is 1. The summed E-state index contributed by atoms with van der Waals surface area (Å²) in [6.45, 7) is 0.212. The molecule has 2 atom stereocenters. The number of carboxylic acid groups (broad SMARTS) is 1. The predicted octanol–water partition coefficient (Wildman–Crippen LogP) is 3.62. The number of benzene rings is 1. The van der Waals surface area contributed by atoms with E-state index in [0.29, 0.717) is 28.2 Å². The molecule has 1 aromatic carbocycles.